The van der Waals surface area contributed by atoms with Crippen LogP contribution in [0.5, 0.6) is 0 Å². The van der Waals surface area contributed by atoms with E-state index in [0.717, 1.165) is 16.9 Å². The molecule has 0 bridgehead atoms. The number of nitrogens with one attached hydrogen (secondary N) is 1. The van der Waals surface area contributed by atoms with Crippen molar-refractivity contribution in [3.05, 3.63) is 46.0 Å². The van der Waals surface area contributed by atoms with E-state index in [2.05, 4.69) is 15.0 Å². The largest absolute Gasteiger partial charge is 0.465 e. The molecule has 1 aromatic heterocycles. The maximum Gasteiger partial charge on any atom is 0.350 e. The van der Waals surface area contributed by atoms with Crippen LogP contribution >= 0.6 is 11.3 Å². The number of nitrogens with zero attached hydrogens (tertiary/aromatic N) is 2. The van der Waals surface area contributed by atoms with Crippen molar-refractivity contribution < 1.29 is 14.3 Å². The molecule has 2 rings (SSSR count). The third-order valence-corrected chi connectivity index (χ3v) is 4.19. The Bertz CT molecular complexity index is 760. The van der Waals surface area contributed by atoms with Crippen molar-refractivity contribution in [3.63, 3.8) is 0 Å². The minimum absolute atomic E-state index is 0.181. The highest BCUT2D eigenvalue weighted by Crippen LogP contribution is 2.23. The Morgan fingerprint density at radius 3 is 2.65 bits per heavy atom. The van der Waals surface area contributed by atoms with E-state index in [-0.39, 0.29) is 12.3 Å². The molecule has 0 aliphatic heterocycles. The lowest BCUT2D eigenvalue weighted by Crippen LogP contribution is -2.12. The van der Waals surface area contributed by atoms with E-state index >= 15 is 0 Å². The van der Waals surface area contributed by atoms with Gasteiger partial charge in [-0.15, -0.1) is 0 Å². The second-order valence-electron chi connectivity index (χ2n) is 4.78. The number of carbonyl (C=O) groups excluding carboxylic acids is 2. The fraction of sp³-hybridized carbons (Fsp3) is 0.250. The first kappa shape index (κ1) is 16.6. The average Bonchev–Trinajstić information content (AvgIpc) is 2.93. The summed E-state index contributed by atoms with van der Waals surface area (Å²) >= 11 is 1.09. The van der Waals surface area contributed by atoms with Crippen LogP contribution in [0.15, 0.2) is 24.3 Å². The van der Waals surface area contributed by atoms with Gasteiger partial charge in [0.1, 0.15) is 4.88 Å². The van der Waals surface area contributed by atoms with Gasteiger partial charge in [-0.1, -0.05) is 23.5 Å². The molecule has 1 heterocycles. The number of aryl methyl sites for hydroxylation is 2. The summed E-state index contributed by atoms with van der Waals surface area (Å²) in [5.41, 5.74) is 2.10. The summed E-state index contributed by atoms with van der Waals surface area (Å²) in [4.78, 5) is 28.0. The van der Waals surface area contributed by atoms with Crippen LogP contribution in [0.2, 0.25) is 0 Å². The minimum atomic E-state index is -0.460. The second kappa shape index (κ2) is 7.51. The number of anilines is 1. The Balaban J connectivity index is 1.92. The Kier molecular flexibility index (Phi) is 5.44. The van der Waals surface area contributed by atoms with Crippen LogP contribution in [0.3, 0.4) is 0 Å². The number of aromatic nitrogens is 1. The molecule has 23 heavy (non-hydrogen) atoms. The van der Waals surface area contributed by atoms with Gasteiger partial charge in [-0.3, -0.25) is 4.79 Å². The van der Waals surface area contributed by atoms with Gasteiger partial charge < -0.3 is 10.1 Å². The number of ether oxygens (including phenoxy) is 1. The molecule has 0 fully saturated rings. The standard InChI is InChI=1S/C16H15N3O3S/c1-10-14(15(21)22-2)23-16(18-10)19-13(20)8-7-11-3-5-12(9-17)6-4-11/h3-6H,7-8H2,1-2H3,(H,18,19,20). The van der Waals surface area contributed by atoms with Crippen molar-refractivity contribution in [3.8, 4) is 6.07 Å². The highest BCUT2D eigenvalue weighted by molar-refractivity contribution is 7.17. The molecule has 118 valence electrons. The number of amides is 1. The zero-order chi connectivity index (χ0) is 16.8. The molecule has 0 saturated heterocycles. The van der Waals surface area contributed by atoms with Crippen LogP contribution in [0.1, 0.15) is 32.9 Å². The highest BCUT2D eigenvalue weighted by atomic mass is 32.1. The topological polar surface area (TPSA) is 92.1 Å². The number of nitriles is 1. The number of esters is 1. The van der Waals surface area contributed by atoms with E-state index in [0.29, 0.717) is 27.7 Å². The van der Waals surface area contributed by atoms with Gasteiger partial charge in [0.2, 0.25) is 5.91 Å². The normalized spacial score (nSPS) is 9.96. The molecule has 1 amide bonds. The summed E-state index contributed by atoms with van der Waals surface area (Å²) in [6.45, 7) is 1.69. The first-order chi connectivity index (χ1) is 11.0. The third-order valence-electron chi connectivity index (χ3n) is 3.14. The van der Waals surface area contributed by atoms with Gasteiger partial charge in [-0.05, 0) is 31.0 Å². The van der Waals surface area contributed by atoms with E-state index in [1.807, 2.05) is 18.2 Å². The van der Waals surface area contributed by atoms with Crippen LogP contribution in [0.4, 0.5) is 5.13 Å². The zero-order valence-corrected chi connectivity index (χ0v) is 13.6. The van der Waals surface area contributed by atoms with Gasteiger partial charge in [0.25, 0.3) is 0 Å². The molecule has 0 aliphatic rings. The van der Waals surface area contributed by atoms with Gasteiger partial charge in [-0.25, -0.2) is 9.78 Å². The monoisotopic (exact) mass is 329 g/mol. The van der Waals surface area contributed by atoms with E-state index < -0.39 is 5.97 Å². The summed E-state index contributed by atoms with van der Waals surface area (Å²) in [6.07, 6.45) is 0.851. The summed E-state index contributed by atoms with van der Waals surface area (Å²) < 4.78 is 4.66. The maximum absolute atomic E-state index is 12.0. The predicted molar refractivity (Wildman–Crippen MR) is 86.3 cm³/mol. The van der Waals surface area contributed by atoms with Crippen LogP contribution < -0.4 is 5.32 Å². The van der Waals surface area contributed by atoms with E-state index in [4.69, 9.17) is 5.26 Å². The molecule has 0 atom stereocenters. The van der Waals surface area contributed by atoms with Crippen molar-refractivity contribution in [2.75, 3.05) is 12.4 Å². The molecule has 0 aliphatic carbocycles. The van der Waals surface area contributed by atoms with Crippen LogP contribution in [0, 0.1) is 18.3 Å². The molecule has 6 nitrogen and oxygen atoms in total. The smallest absolute Gasteiger partial charge is 0.350 e. The fourth-order valence-corrected chi connectivity index (χ4v) is 2.82. The summed E-state index contributed by atoms with van der Waals surface area (Å²) in [5.74, 6) is -0.641. The number of rotatable bonds is 5. The molecule has 0 saturated carbocycles. The number of carbonyl (C=O) groups is 2. The Hall–Kier alpha value is -2.72. The molecule has 2 aromatic rings. The molecule has 0 radical (unpaired) electrons. The Morgan fingerprint density at radius 1 is 1.35 bits per heavy atom. The van der Waals surface area contributed by atoms with Gasteiger partial charge in [0, 0.05) is 6.42 Å². The van der Waals surface area contributed by atoms with Crippen LogP contribution in [0.25, 0.3) is 0 Å². The molecular formula is C16H15N3O3S. The quantitative estimate of drug-likeness (QED) is 0.851. The Morgan fingerprint density at radius 2 is 2.04 bits per heavy atom. The molecular weight excluding hydrogens is 314 g/mol. The maximum atomic E-state index is 12.0. The Labute approximate surface area is 137 Å². The number of hydrogen-bond donors (Lipinski definition) is 1. The van der Waals surface area contributed by atoms with Gasteiger partial charge in [0.05, 0.1) is 24.4 Å². The van der Waals surface area contributed by atoms with E-state index in [1.165, 1.54) is 7.11 Å². The summed E-state index contributed by atoms with van der Waals surface area (Å²) in [6, 6.07) is 9.15. The average molecular weight is 329 g/mol. The first-order valence-electron chi connectivity index (χ1n) is 6.88. The molecule has 7 heteroatoms. The lowest BCUT2D eigenvalue weighted by molar-refractivity contribution is -0.116. The van der Waals surface area contributed by atoms with Gasteiger partial charge in [-0.2, -0.15) is 5.26 Å². The van der Waals surface area contributed by atoms with Crippen molar-refractivity contribution >= 4 is 28.3 Å². The van der Waals surface area contributed by atoms with E-state index in [1.54, 1.807) is 19.1 Å². The zero-order valence-electron chi connectivity index (χ0n) is 12.8. The van der Waals surface area contributed by atoms with Crippen LogP contribution in [-0.4, -0.2) is 24.0 Å². The SMILES string of the molecule is COC(=O)c1sc(NC(=O)CCc2ccc(C#N)cc2)nc1C. The van der Waals surface area contributed by atoms with Crippen molar-refractivity contribution in [2.24, 2.45) is 0 Å². The molecule has 1 aromatic carbocycles. The molecule has 0 spiro atoms. The summed E-state index contributed by atoms with van der Waals surface area (Å²) in [5, 5.41) is 11.8. The lowest BCUT2D eigenvalue weighted by Gasteiger charge is -2.02. The van der Waals surface area contributed by atoms with Crippen molar-refractivity contribution in [2.45, 2.75) is 19.8 Å². The number of hydrogen-bond acceptors (Lipinski definition) is 6. The van der Waals surface area contributed by atoms with Gasteiger partial charge in [0.15, 0.2) is 5.13 Å². The van der Waals surface area contributed by atoms with Crippen molar-refractivity contribution in [1.82, 2.24) is 4.98 Å². The van der Waals surface area contributed by atoms with Gasteiger partial charge >= 0.3 is 5.97 Å². The lowest BCUT2D eigenvalue weighted by atomic mass is 10.1. The molecule has 1 N–H and O–H groups in total. The summed E-state index contributed by atoms with van der Waals surface area (Å²) in [7, 11) is 1.30. The highest BCUT2D eigenvalue weighted by Gasteiger charge is 2.16. The fourth-order valence-electron chi connectivity index (χ4n) is 1.92. The minimum Gasteiger partial charge on any atom is -0.465 e. The number of thiazole rings is 1. The molecule has 0 unspecified atom stereocenters. The first-order valence-corrected chi connectivity index (χ1v) is 7.69. The second-order valence-corrected chi connectivity index (χ2v) is 5.78. The third kappa shape index (κ3) is 4.37. The van der Waals surface area contributed by atoms with E-state index in [9.17, 15) is 9.59 Å². The number of methoxy groups -OCH3 is 1. The predicted octanol–water partition coefficient (Wildman–Crippen LogP) is 2.68. The number of benzene rings is 1. The van der Waals surface area contributed by atoms with Crippen molar-refractivity contribution in [1.29, 1.82) is 5.26 Å². The van der Waals surface area contributed by atoms with Crippen LogP contribution in [-0.2, 0) is 16.0 Å².